The van der Waals surface area contributed by atoms with Crippen LogP contribution >= 0.6 is 0 Å². The molecular formula is C20H21F3N2O3. The van der Waals surface area contributed by atoms with Crippen molar-refractivity contribution in [3.8, 4) is 11.5 Å². The summed E-state index contributed by atoms with van der Waals surface area (Å²) in [7, 11) is 0. The van der Waals surface area contributed by atoms with Crippen LogP contribution in [-0.2, 0) is 4.79 Å². The summed E-state index contributed by atoms with van der Waals surface area (Å²) in [5.41, 5.74) is 1.72. The van der Waals surface area contributed by atoms with Gasteiger partial charge in [-0.1, -0.05) is 24.3 Å². The lowest BCUT2D eigenvalue weighted by Gasteiger charge is -2.35. The van der Waals surface area contributed by atoms with Crippen LogP contribution in [0.4, 0.5) is 13.2 Å². The zero-order valence-electron chi connectivity index (χ0n) is 15.3. The van der Waals surface area contributed by atoms with Gasteiger partial charge < -0.3 is 14.8 Å². The van der Waals surface area contributed by atoms with Crippen molar-refractivity contribution >= 4 is 5.97 Å². The number of esters is 1. The maximum atomic E-state index is 12.4. The first kappa shape index (κ1) is 20.2. The topological polar surface area (TPSA) is 50.8 Å². The molecule has 1 fully saturated rings. The highest BCUT2D eigenvalue weighted by Gasteiger charge is 2.31. The number of piperazine rings is 1. The molecule has 150 valence electrons. The third-order valence-electron chi connectivity index (χ3n) is 4.38. The van der Waals surface area contributed by atoms with E-state index in [0.29, 0.717) is 5.75 Å². The highest BCUT2D eigenvalue weighted by Crippen LogP contribution is 2.33. The fourth-order valence-electron chi connectivity index (χ4n) is 3.32. The van der Waals surface area contributed by atoms with E-state index in [9.17, 15) is 18.0 Å². The average Bonchev–Trinajstić information content (AvgIpc) is 2.63. The molecule has 0 radical (unpaired) electrons. The summed E-state index contributed by atoms with van der Waals surface area (Å²) in [5, 5.41) is 3.29. The van der Waals surface area contributed by atoms with Crippen molar-refractivity contribution in [2.75, 3.05) is 26.2 Å². The summed E-state index contributed by atoms with van der Waals surface area (Å²) >= 11 is 0. The van der Waals surface area contributed by atoms with Crippen LogP contribution in [0.1, 0.15) is 24.1 Å². The number of rotatable bonds is 5. The maximum Gasteiger partial charge on any atom is 0.573 e. The second kappa shape index (κ2) is 8.62. The van der Waals surface area contributed by atoms with E-state index in [1.807, 2.05) is 6.07 Å². The Morgan fingerprint density at radius 3 is 2.32 bits per heavy atom. The van der Waals surface area contributed by atoms with Crippen molar-refractivity contribution < 1.29 is 27.4 Å². The molecule has 1 aliphatic heterocycles. The highest BCUT2D eigenvalue weighted by molar-refractivity contribution is 5.69. The first-order valence-corrected chi connectivity index (χ1v) is 8.91. The van der Waals surface area contributed by atoms with Crippen LogP contribution in [0.5, 0.6) is 11.5 Å². The number of hydrogen-bond donors (Lipinski definition) is 1. The van der Waals surface area contributed by atoms with Gasteiger partial charge in [0.05, 0.1) is 6.04 Å². The zero-order valence-corrected chi connectivity index (χ0v) is 15.3. The minimum atomic E-state index is -4.72. The number of carbonyl (C=O) groups is 1. The molecule has 1 heterocycles. The van der Waals surface area contributed by atoms with Crippen LogP contribution in [0.2, 0.25) is 0 Å². The standard InChI is InChI=1S/C20H21F3N2O3/c1-14(26)27-18-4-2-3-16(13-18)19(25-11-9-24-10-12-25)15-5-7-17(8-6-15)28-20(21,22)23/h2-8,13,19,24H,9-12H2,1H3/t19-/m1/s1. The second-order valence-electron chi connectivity index (χ2n) is 6.47. The van der Waals surface area contributed by atoms with E-state index in [2.05, 4.69) is 15.0 Å². The number of carbonyl (C=O) groups excluding carboxylic acids is 1. The molecule has 28 heavy (non-hydrogen) atoms. The summed E-state index contributed by atoms with van der Waals surface area (Å²) in [6.07, 6.45) is -4.72. The Kier molecular flexibility index (Phi) is 6.21. The Bertz CT molecular complexity index is 803. The van der Waals surface area contributed by atoms with Crippen molar-refractivity contribution in [3.63, 3.8) is 0 Å². The second-order valence-corrected chi connectivity index (χ2v) is 6.47. The van der Waals surface area contributed by atoms with Crippen LogP contribution in [0.3, 0.4) is 0 Å². The zero-order chi connectivity index (χ0) is 20.1. The van der Waals surface area contributed by atoms with Gasteiger partial charge in [0.1, 0.15) is 11.5 Å². The molecule has 1 atom stereocenters. The van der Waals surface area contributed by atoms with Gasteiger partial charge in [0.15, 0.2) is 0 Å². The monoisotopic (exact) mass is 394 g/mol. The van der Waals surface area contributed by atoms with E-state index in [0.717, 1.165) is 37.3 Å². The van der Waals surface area contributed by atoms with Gasteiger partial charge in [-0.3, -0.25) is 9.69 Å². The predicted molar refractivity (Wildman–Crippen MR) is 97.2 cm³/mol. The van der Waals surface area contributed by atoms with Crippen LogP contribution in [0.25, 0.3) is 0 Å². The van der Waals surface area contributed by atoms with Crippen molar-refractivity contribution in [1.29, 1.82) is 0 Å². The molecule has 0 aromatic heterocycles. The molecule has 1 N–H and O–H groups in total. The van der Waals surface area contributed by atoms with E-state index in [-0.39, 0.29) is 11.8 Å². The lowest BCUT2D eigenvalue weighted by atomic mass is 9.96. The Labute approximate surface area is 161 Å². The van der Waals surface area contributed by atoms with Gasteiger partial charge in [-0.25, -0.2) is 0 Å². The summed E-state index contributed by atoms with van der Waals surface area (Å²) in [4.78, 5) is 13.5. The molecule has 5 nitrogen and oxygen atoms in total. The van der Waals surface area contributed by atoms with E-state index in [4.69, 9.17) is 4.74 Å². The van der Waals surface area contributed by atoms with Gasteiger partial charge in [0, 0.05) is 33.1 Å². The summed E-state index contributed by atoms with van der Waals surface area (Å²) in [5.74, 6) is -0.240. The van der Waals surface area contributed by atoms with Gasteiger partial charge in [-0.15, -0.1) is 13.2 Å². The molecule has 0 amide bonds. The molecule has 0 saturated carbocycles. The molecule has 8 heteroatoms. The number of benzene rings is 2. The van der Waals surface area contributed by atoms with Gasteiger partial charge in [-0.05, 0) is 35.4 Å². The SMILES string of the molecule is CC(=O)Oc1cccc([C@@H](c2ccc(OC(F)(F)F)cc2)N2CCNCC2)c1. The minimum Gasteiger partial charge on any atom is -0.427 e. The summed E-state index contributed by atoms with van der Waals surface area (Å²) in [6, 6.07) is 12.9. The Hall–Kier alpha value is -2.58. The molecule has 2 aromatic carbocycles. The van der Waals surface area contributed by atoms with Crippen molar-refractivity contribution in [2.24, 2.45) is 0 Å². The first-order chi connectivity index (χ1) is 13.3. The molecule has 2 aromatic rings. The Morgan fingerprint density at radius 1 is 1.04 bits per heavy atom. The minimum absolute atomic E-state index is 0.183. The normalized spacial score (nSPS) is 16.4. The van der Waals surface area contributed by atoms with Gasteiger partial charge in [0.2, 0.25) is 0 Å². The number of nitrogens with one attached hydrogen (secondary N) is 1. The van der Waals surface area contributed by atoms with Crippen molar-refractivity contribution in [1.82, 2.24) is 10.2 Å². The summed E-state index contributed by atoms with van der Waals surface area (Å²) < 4.78 is 46.4. The molecule has 0 unspecified atom stereocenters. The number of halogens is 3. The van der Waals surface area contributed by atoms with Gasteiger partial charge in [-0.2, -0.15) is 0 Å². The first-order valence-electron chi connectivity index (χ1n) is 8.91. The van der Waals surface area contributed by atoms with Gasteiger partial charge >= 0.3 is 12.3 Å². The predicted octanol–water partition coefficient (Wildman–Crippen LogP) is 3.51. The highest BCUT2D eigenvalue weighted by atomic mass is 19.4. The lowest BCUT2D eigenvalue weighted by molar-refractivity contribution is -0.274. The van der Waals surface area contributed by atoms with Crippen LogP contribution < -0.4 is 14.8 Å². The van der Waals surface area contributed by atoms with E-state index >= 15 is 0 Å². The van der Waals surface area contributed by atoms with E-state index in [1.54, 1.807) is 30.3 Å². The molecule has 1 aliphatic rings. The number of hydrogen-bond acceptors (Lipinski definition) is 5. The number of alkyl halides is 3. The number of nitrogens with zero attached hydrogens (tertiary/aromatic N) is 1. The maximum absolute atomic E-state index is 12.4. The molecule has 3 rings (SSSR count). The van der Waals surface area contributed by atoms with E-state index < -0.39 is 12.3 Å². The van der Waals surface area contributed by atoms with Crippen LogP contribution in [0, 0.1) is 0 Å². The van der Waals surface area contributed by atoms with Crippen molar-refractivity contribution in [2.45, 2.75) is 19.3 Å². The molecular weight excluding hydrogens is 373 g/mol. The van der Waals surface area contributed by atoms with Crippen LogP contribution in [-0.4, -0.2) is 43.4 Å². The molecule has 0 aliphatic carbocycles. The lowest BCUT2D eigenvalue weighted by Crippen LogP contribution is -2.45. The van der Waals surface area contributed by atoms with Crippen LogP contribution in [0.15, 0.2) is 48.5 Å². The Morgan fingerprint density at radius 2 is 1.71 bits per heavy atom. The molecule has 0 bridgehead atoms. The number of ether oxygens (including phenoxy) is 2. The third kappa shape index (κ3) is 5.46. The largest absolute Gasteiger partial charge is 0.573 e. The quantitative estimate of drug-likeness (QED) is 0.621. The smallest absolute Gasteiger partial charge is 0.427 e. The fraction of sp³-hybridized carbons (Fsp3) is 0.350. The molecule has 1 saturated heterocycles. The Balaban J connectivity index is 1.92. The third-order valence-corrected chi connectivity index (χ3v) is 4.38. The summed E-state index contributed by atoms with van der Waals surface area (Å²) in [6.45, 7) is 4.52. The van der Waals surface area contributed by atoms with E-state index in [1.165, 1.54) is 19.1 Å². The van der Waals surface area contributed by atoms with Crippen molar-refractivity contribution in [3.05, 3.63) is 59.7 Å². The fourth-order valence-corrected chi connectivity index (χ4v) is 3.32. The molecule has 0 spiro atoms. The average molecular weight is 394 g/mol. The van der Waals surface area contributed by atoms with Gasteiger partial charge in [0.25, 0.3) is 0 Å².